The third-order valence-electron chi connectivity index (χ3n) is 3.21. The van der Waals surface area contributed by atoms with E-state index in [2.05, 4.69) is 6.58 Å². The number of benzene rings is 1. The molecule has 20 heavy (non-hydrogen) atoms. The monoisotopic (exact) mass is 279 g/mol. The minimum atomic E-state index is -1.06. The second-order valence-electron chi connectivity index (χ2n) is 4.59. The Bertz CT molecular complexity index is 444. The maximum absolute atomic E-state index is 11.3. The molecule has 5 nitrogen and oxygen atoms in total. The van der Waals surface area contributed by atoms with Crippen molar-refractivity contribution in [1.29, 1.82) is 0 Å². The summed E-state index contributed by atoms with van der Waals surface area (Å²) in [6.45, 7) is 5.45. The van der Waals surface area contributed by atoms with Crippen LogP contribution >= 0.6 is 0 Å². The van der Waals surface area contributed by atoms with Gasteiger partial charge in [-0.2, -0.15) is 0 Å². The molecule has 1 amide bonds. The zero-order valence-electron chi connectivity index (χ0n) is 11.8. The number of amides is 1. The fourth-order valence-electron chi connectivity index (χ4n) is 1.89. The molecule has 0 aliphatic rings. The molecule has 0 aliphatic heterocycles. The summed E-state index contributed by atoms with van der Waals surface area (Å²) in [6.07, 6.45) is 0.112. The average Bonchev–Trinajstić information content (AvgIpc) is 2.44. The Balaban J connectivity index is 2.80. The Hall–Kier alpha value is -2.01. The lowest BCUT2D eigenvalue weighted by atomic mass is 10.1. The maximum Gasteiger partial charge on any atom is 0.407 e. The molecule has 0 saturated heterocycles. The van der Waals surface area contributed by atoms with Crippen LogP contribution in [0.5, 0.6) is 5.75 Å². The van der Waals surface area contributed by atoms with Crippen molar-refractivity contribution >= 4 is 6.09 Å². The quantitative estimate of drug-likeness (QED) is 0.752. The first-order chi connectivity index (χ1) is 9.49. The first kappa shape index (κ1) is 16.0. The van der Waals surface area contributed by atoms with E-state index in [1.807, 2.05) is 0 Å². The molecule has 110 valence electrons. The van der Waals surface area contributed by atoms with E-state index in [-0.39, 0.29) is 6.54 Å². The predicted molar refractivity (Wildman–Crippen MR) is 76.8 cm³/mol. The van der Waals surface area contributed by atoms with E-state index >= 15 is 0 Å². The Morgan fingerprint density at radius 3 is 2.50 bits per heavy atom. The van der Waals surface area contributed by atoms with Crippen LogP contribution in [0.3, 0.4) is 0 Å². The van der Waals surface area contributed by atoms with Gasteiger partial charge in [-0.15, -0.1) is 6.58 Å². The molecule has 0 heterocycles. The lowest BCUT2D eigenvalue weighted by molar-refractivity contribution is 0.0538. The van der Waals surface area contributed by atoms with E-state index in [1.165, 1.54) is 4.90 Å². The number of aliphatic hydroxyl groups excluding tert-OH is 1. The van der Waals surface area contributed by atoms with Crippen LogP contribution in [0.1, 0.15) is 18.9 Å². The van der Waals surface area contributed by atoms with Gasteiger partial charge in [0.05, 0.1) is 19.3 Å². The van der Waals surface area contributed by atoms with Gasteiger partial charge in [-0.05, 0) is 31.0 Å². The van der Waals surface area contributed by atoms with Crippen molar-refractivity contribution in [3.63, 3.8) is 0 Å². The highest BCUT2D eigenvalue weighted by Gasteiger charge is 2.25. The van der Waals surface area contributed by atoms with Gasteiger partial charge in [0.15, 0.2) is 0 Å². The van der Waals surface area contributed by atoms with Crippen molar-refractivity contribution in [1.82, 2.24) is 4.90 Å². The summed E-state index contributed by atoms with van der Waals surface area (Å²) < 4.78 is 5.06. The summed E-state index contributed by atoms with van der Waals surface area (Å²) in [7, 11) is 1.58. The van der Waals surface area contributed by atoms with Crippen molar-refractivity contribution < 1.29 is 19.7 Å². The van der Waals surface area contributed by atoms with E-state index in [9.17, 15) is 15.0 Å². The first-order valence-corrected chi connectivity index (χ1v) is 6.41. The SMILES string of the molecule is C=CC[C@@H](O)[C@H](C)N(Cc1ccc(OC)cc1)C(=O)O. The second kappa shape index (κ2) is 7.55. The number of nitrogens with zero attached hydrogens (tertiary/aromatic N) is 1. The number of ether oxygens (including phenoxy) is 1. The first-order valence-electron chi connectivity index (χ1n) is 6.41. The number of hydrogen-bond donors (Lipinski definition) is 2. The van der Waals surface area contributed by atoms with Gasteiger partial charge < -0.3 is 14.9 Å². The van der Waals surface area contributed by atoms with E-state index in [4.69, 9.17) is 4.74 Å². The van der Waals surface area contributed by atoms with Gasteiger partial charge in [-0.3, -0.25) is 4.90 Å². The Morgan fingerprint density at radius 2 is 2.05 bits per heavy atom. The fraction of sp³-hybridized carbons (Fsp3) is 0.400. The van der Waals surface area contributed by atoms with Crippen LogP contribution in [0.25, 0.3) is 0 Å². The smallest absolute Gasteiger partial charge is 0.407 e. The van der Waals surface area contributed by atoms with Crippen molar-refractivity contribution in [3.8, 4) is 5.75 Å². The molecule has 0 radical (unpaired) electrons. The highest BCUT2D eigenvalue weighted by molar-refractivity contribution is 5.65. The summed E-state index contributed by atoms with van der Waals surface area (Å²) in [5.74, 6) is 0.718. The van der Waals surface area contributed by atoms with Crippen LogP contribution in [-0.4, -0.2) is 40.5 Å². The fourth-order valence-corrected chi connectivity index (χ4v) is 1.89. The Morgan fingerprint density at radius 1 is 1.45 bits per heavy atom. The standard InChI is InChI=1S/C15H21NO4/c1-4-5-14(17)11(2)16(15(18)19)10-12-6-8-13(20-3)9-7-12/h4,6-9,11,14,17H,1,5,10H2,2-3H3,(H,18,19)/t11-,14+/m0/s1. The molecule has 2 N–H and O–H groups in total. The molecule has 0 bridgehead atoms. The summed E-state index contributed by atoms with van der Waals surface area (Å²) >= 11 is 0. The van der Waals surface area contributed by atoms with Crippen molar-refractivity contribution in [3.05, 3.63) is 42.5 Å². The normalized spacial score (nSPS) is 13.3. The van der Waals surface area contributed by atoms with Crippen LogP contribution in [0, 0.1) is 0 Å². The van der Waals surface area contributed by atoms with Crippen LogP contribution in [-0.2, 0) is 6.54 Å². The summed E-state index contributed by atoms with van der Waals surface area (Å²) in [5.41, 5.74) is 0.839. The number of carboxylic acid groups (broad SMARTS) is 1. The molecule has 5 heteroatoms. The van der Waals surface area contributed by atoms with E-state index in [1.54, 1.807) is 44.4 Å². The van der Waals surface area contributed by atoms with Crippen LogP contribution in [0.4, 0.5) is 4.79 Å². The molecule has 0 aromatic heterocycles. The third-order valence-corrected chi connectivity index (χ3v) is 3.21. The minimum absolute atomic E-state index is 0.217. The molecule has 2 atom stereocenters. The van der Waals surface area contributed by atoms with Gasteiger partial charge in [0.2, 0.25) is 0 Å². The summed E-state index contributed by atoms with van der Waals surface area (Å²) in [4.78, 5) is 12.6. The number of hydrogen-bond acceptors (Lipinski definition) is 3. The van der Waals surface area contributed by atoms with Gasteiger partial charge >= 0.3 is 6.09 Å². The predicted octanol–water partition coefficient (Wildman–Crippen LogP) is 2.50. The molecule has 0 spiro atoms. The zero-order valence-corrected chi connectivity index (χ0v) is 11.8. The molecular weight excluding hydrogens is 258 g/mol. The average molecular weight is 279 g/mol. The molecule has 1 rings (SSSR count). The number of rotatable bonds is 7. The minimum Gasteiger partial charge on any atom is -0.497 e. The lowest BCUT2D eigenvalue weighted by Gasteiger charge is -2.29. The number of carbonyl (C=O) groups is 1. The molecule has 1 aromatic rings. The van der Waals surface area contributed by atoms with E-state index in [0.29, 0.717) is 6.42 Å². The Kier molecular flexibility index (Phi) is 6.06. The van der Waals surface area contributed by atoms with Crippen LogP contribution in [0.2, 0.25) is 0 Å². The Labute approximate surface area is 119 Å². The van der Waals surface area contributed by atoms with Crippen LogP contribution in [0.15, 0.2) is 36.9 Å². The van der Waals surface area contributed by atoms with Gasteiger partial charge in [-0.1, -0.05) is 18.2 Å². The van der Waals surface area contributed by atoms with Crippen molar-refractivity contribution in [2.45, 2.75) is 32.0 Å². The highest BCUT2D eigenvalue weighted by Crippen LogP contribution is 2.16. The number of methoxy groups -OCH3 is 1. The maximum atomic E-state index is 11.3. The van der Waals surface area contributed by atoms with Crippen molar-refractivity contribution in [2.75, 3.05) is 7.11 Å². The summed E-state index contributed by atoms with van der Waals surface area (Å²) in [6, 6.07) is 6.66. The molecule has 1 aromatic carbocycles. The summed E-state index contributed by atoms with van der Waals surface area (Å²) in [5, 5.41) is 19.2. The largest absolute Gasteiger partial charge is 0.497 e. The second-order valence-corrected chi connectivity index (χ2v) is 4.59. The van der Waals surface area contributed by atoms with E-state index < -0.39 is 18.2 Å². The third kappa shape index (κ3) is 4.28. The lowest BCUT2D eigenvalue weighted by Crippen LogP contribution is -2.44. The zero-order chi connectivity index (χ0) is 15.1. The topological polar surface area (TPSA) is 70.0 Å². The molecular formula is C15H21NO4. The molecule has 0 fully saturated rings. The highest BCUT2D eigenvalue weighted by atomic mass is 16.5. The molecule has 0 saturated carbocycles. The van der Waals surface area contributed by atoms with Gasteiger partial charge in [0, 0.05) is 6.54 Å². The van der Waals surface area contributed by atoms with Gasteiger partial charge in [-0.25, -0.2) is 4.79 Å². The number of aliphatic hydroxyl groups is 1. The van der Waals surface area contributed by atoms with Crippen molar-refractivity contribution in [2.24, 2.45) is 0 Å². The van der Waals surface area contributed by atoms with E-state index in [0.717, 1.165) is 11.3 Å². The molecule has 0 unspecified atom stereocenters. The van der Waals surface area contributed by atoms with Crippen LogP contribution < -0.4 is 4.74 Å². The van der Waals surface area contributed by atoms with Gasteiger partial charge in [0.1, 0.15) is 5.75 Å². The molecule has 0 aliphatic carbocycles. The van der Waals surface area contributed by atoms with Gasteiger partial charge in [0.25, 0.3) is 0 Å².